The largest absolute Gasteiger partial charge is 0.756 e. The van der Waals surface area contributed by atoms with E-state index in [1.165, 1.54) is 26.4 Å². The highest BCUT2D eigenvalue weighted by molar-refractivity contribution is 7.45. The highest BCUT2D eigenvalue weighted by Gasteiger charge is 2.20. The number of likely N-dealkylation sites (N-methyl/N-ethyl adjacent to an activating group) is 1. The summed E-state index contributed by atoms with van der Waals surface area (Å²) >= 11 is 0. The van der Waals surface area contributed by atoms with Crippen LogP contribution in [0.1, 0.15) is 51.9 Å². The summed E-state index contributed by atoms with van der Waals surface area (Å²) in [7, 11) is 2.43. The number of carbonyl (C=O) groups excluding carboxylic acids is 1. The van der Waals surface area contributed by atoms with Crippen LogP contribution in [0.3, 0.4) is 0 Å². The summed E-state index contributed by atoms with van der Waals surface area (Å²) in [4.78, 5) is 23.8. The zero-order valence-corrected chi connectivity index (χ0v) is 23.5. The minimum atomic E-state index is -4.56. The van der Waals surface area contributed by atoms with Crippen LogP contribution in [0.15, 0.2) is 24.8 Å². The minimum absolute atomic E-state index is 0.0481. The van der Waals surface area contributed by atoms with Gasteiger partial charge in [0.05, 0.1) is 27.7 Å². The van der Waals surface area contributed by atoms with Crippen LogP contribution in [0.25, 0.3) is 0 Å². The van der Waals surface area contributed by atoms with Crippen molar-refractivity contribution in [1.82, 2.24) is 0 Å². The molecule has 0 spiro atoms. The molecule has 208 valence electrons. The Morgan fingerprint density at radius 2 is 1.83 bits per heavy atom. The number of phosphoric acid groups is 1. The summed E-state index contributed by atoms with van der Waals surface area (Å²) in [6, 6.07) is 0. The van der Waals surface area contributed by atoms with Crippen LogP contribution in [0.2, 0.25) is 0 Å². The van der Waals surface area contributed by atoms with Crippen molar-refractivity contribution in [3.05, 3.63) is 24.8 Å². The van der Waals surface area contributed by atoms with Gasteiger partial charge in [-0.25, -0.2) is 4.79 Å². The molecule has 1 N–H and O–H groups in total. The number of ether oxygens (including phenoxy) is 2. The second-order valence-electron chi connectivity index (χ2n) is 9.79. The fourth-order valence-corrected chi connectivity index (χ4v) is 3.67. The average Bonchev–Trinajstić information content (AvgIpc) is 2.79. The van der Waals surface area contributed by atoms with Crippen LogP contribution in [0.5, 0.6) is 0 Å². The molecule has 0 heterocycles. The van der Waals surface area contributed by atoms with Gasteiger partial charge in [0.15, 0.2) is 0 Å². The van der Waals surface area contributed by atoms with E-state index in [0.29, 0.717) is 16.9 Å². The maximum Gasteiger partial charge on any atom is 0.348 e. The number of rotatable bonds is 20. The zero-order valence-electron chi connectivity index (χ0n) is 22.6. The predicted octanol–water partition coefficient (Wildman–Crippen LogP) is 3.23. The standard InChI is InChI=1S/C26H46NO8P/c1-7-8-9-13-16-23(2)17-14-11-10-12-15-18-25(32-6)26(29)33-21-24(28)22-35-36(30,31)34-20-19-27(3,4)5/h7,10,12,23-25,28H,1,8-9,11,13-14,16-17,19-22H2,2-6H3/b12-10-/t23?,24-,25+/m1/s1. The summed E-state index contributed by atoms with van der Waals surface area (Å²) in [5, 5.41) is 9.87. The van der Waals surface area contributed by atoms with Crippen LogP contribution >= 0.6 is 7.82 Å². The molecule has 10 heteroatoms. The first-order valence-corrected chi connectivity index (χ1v) is 13.9. The van der Waals surface area contributed by atoms with Gasteiger partial charge < -0.3 is 33.0 Å². The van der Waals surface area contributed by atoms with Crippen molar-refractivity contribution in [2.24, 2.45) is 5.92 Å². The van der Waals surface area contributed by atoms with Crippen molar-refractivity contribution in [2.75, 3.05) is 54.6 Å². The van der Waals surface area contributed by atoms with E-state index < -0.39 is 39.2 Å². The number of hydrogen-bond acceptors (Lipinski definition) is 8. The molecule has 0 aliphatic heterocycles. The Bertz CT molecular complexity index is 753. The molecule has 0 aromatic carbocycles. The van der Waals surface area contributed by atoms with Crippen molar-refractivity contribution >= 4 is 13.8 Å². The Morgan fingerprint density at radius 3 is 2.47 bits per heavy atom. The minimum Gasteiger partial charge on any atom is -0.756 e. The molecule has 0 radical (unpaired) electrons. The van der Waals surface area contributed by atoms with Gasteiger partial charge in [0.2, 0.25) is 6.10 Å². The van der Waals surface area contributed by atoms with Gasteiger partial charge in [0, 0.05) is 7.11 Å². The molecule has 0 aliphatic carbocycles. The smallest absolute Gasteiger partial charge is 0.348 e. The number of nitrogens with zero attached hydrogens (tertiary/aromatic N) is 1. The molecule has 0 bridgehead atoms. The van der Waals surface area contributed by atoms with Gasteiger partial charge in [-0.15, -0.1) is 6.58 Å². The summed E-state index contributed by atoms with van der Waals surface area (Å²) in [6.45, 7) is 5.36. The van der Waals surface area contributed by atoms with Gasteiger partial charge in [-0.2, -0.15) is 0 Å². The first kappa shape index (κ1) is 34.5. The van der Waals surface area contributed by atoms with Crippen LogP contribution in [0, 0.1) is 17.8 Å². The maximum absolute atomic E-state index is 12.1. The summed E-state index contributed by atoms with van der Waals surface area (Å²) in [6.07, 6.45) is 11.0. The van der Waals surface area contributed by atoms with E-state index in [2.05, 4.69) is 29.9 Å². The Balaban J connectivity index is 4.22. The first-order valence-electron chi connectivity index (χ1n) is 12.4. The Hall–Kier alpha value is -1.50. The van der Waals surface area contributed by atoms with E-state index in [4.69, 9.17) is 14.0 Å². The molecule has 0 saturated carbocycles. The van der Waals surface area contributed by atoms with E-state index in [0.717, 1.165) is 25.7 Å². The molecular weight excluding hydrogens is 485 g/mol. The van der Waals surface area contributed by atoms with Crippen LogP contribution in [0.4, 0.5) is 0 Å². The molecule has 0 aliphatic rings. The molecular formula is C26H46NO8P. The molecule has 0 saturated heterocycles. The molecule has 9 nitrogen and oxygen atoms in total. The second kappa shape index (κ2) is 19.6. The number of esters is 1. The highest BCUT2D eigenvalue weighted by atomic mass is 31.2. The lowest BCUT2D eigenvalue weighted by Gasteiger charge is -2.27. The van der Waals surface area contributed by atoms with E-state index >= 15 is 0 Å². The molecule has 0 fully saturated rings. The van der Waals surface area contributed by atoms with Crippen molar-refractivity contribution in [1.29, 1.82) is 0 Å². The van der Waals surface area contributed by atoms with E-state index in [-0.39, 0.29) is 6.61 Å². The molecule has 36 heavy (non-hydrogen) atoms. The number of phosphoric ester groups is 1. The summed E-state index contributed by atoms with van der Waals surface area (Å²) in [5.74, 6) is 5.33. The summed E-state index contributed by atoms with van der Waals surface area (Å²) in [5.41, 5.74) is 0. The third-order valence-electron chi connectivity index (χ3n) is 5.14. The quantitative estimate of drug-likeness (QED) is 0.0636. The Kier molecular flexibility index (Phi) is 18.8. The third kappa shape index (κ3) is 20.7. The van der Waals surface area contributed by atoms with Gasteiger partial charge in [-0.1, -0.05) is 50.2 Å². The third-order valence-corrected chi connectivity index (χ3v) is 6.11. The lowest BCUT2D eigenvalue weighted by Crippen LogP contribution is -2.37. The van der Waals surface area contributed by atoms with Gasteiger partial charge in [0.1, 0.15) is 25.9 Å². The SMILES string of the molecule is C=CCCCCC(C)CCC/C=C\C#C[C@H](OC)C(=O)OC[C@@H](O)COP(=O)([O-])OCC[N+](C)(C)C. The van der Waals surface area contributed by atoms with Crippen molar-refractivity contribution in [3.8, 4) is 11.8 Å². The zero-order chi connectivity index (χ0) is 27.5. The lowest BCUT2D eigenvalue weighted by atomic mass is 9.97. The molecule has 0 rings (SSSR count). The average molecular weight is 532 g/mol. The molecule has 0 aromatic rings. The predicted molar refractivity (Wildman–Crippen MR) is 139 cm³/mol. The molecule has 0 aromatic heterocycles. The first-order chi connectivity index (χ1) is 16.9. The number of quaternary nitrogens is 1. The van der Waals surface area contributed by atoms with E-state index in [1.54, 1.807) is 6.08 Å². The molecule has 0 amide bonds. The fourth-order valence-electron chi connectivity index (χ4n) is 2.93. The number of carbonyl (C=O) groups is 1. The van der Waals surface area contributed by atoms with Crippen LogP contribution < -0.4 is 4.89 Å². The summed E-state index contributed by atoms with van der Waals surface area (Å²) < 4.78 is 31.6. The number of methoxy groups -OCH3 is 1. The van der Waals surface area contributed by atoms with Crippen molar-refractivity contribution in [2.45, 2.75) is 64.1 Å². The number of hydrogen-bond donors (Lipinski definition) is 1. The second-order valence-corrected chi connectivity index (χ2v) is 11.2. The normalized spacial score (nSPS) is 16.0. The van der Waals surface area contributed by atoms with Gasteiger partial charge in [0.25, 0.3) is 7.82 Å². The number of aliphatic hydroxyl groups is 1. The fraction of sp³-hybridized carbons (Fsp3) is 0.731. The van der Waals surface area contributed by atoms with Crippen LogP contribution in [-0.2, 0) is 27.9 Å². The maximum atomic E-state index is 12.1. The molecule has 4 atom stereocenters. The van der Waals surface area contributed by atoms with Crippen molar-refractivity contribution in [3.63, 3.8) is 0 Å². The van der Waals surface area contributed by atoms with E-state index in [9.17, 15) is 19.4 Å². The number of allylic oxidation sites excluding steroid dienone is 3. The van der Waals surface area contributed by atoms with Crippen molar-refractivity contribution < 1.29 is 42.4 Å². The Labute approximate surface area is 217 Å². The number of aliphatic hydroxyl groups excluding tert-OH is 1. The van der Waals surface area contributed by atoms with Gasteiger partial charge in [-0.3, -0.25) is 4.57 Å². The monoisotopic (exact) mass is 531 g/mol. The van der Waals surface area contributed by atoms with E-state index in [1.807, 2.05) is 33.3 Å². The lowest BCUT2D eigenvalue weighted by molar-refractivity contribution is -0.870. The Morgan fingerprint density at radius 1 is 1.14 bits per heavy atom. The van der Waals surface area contributed by atoms with Gasteiger partial charge >= 0.3 is 5.97 Å². The topological polar surface area (TPSA) is 114 Å². The number of unbranched alkanes of at least 4 members (excludes halogenated alkanes) is 3. The van der Waals surface area contributed by atoms with Gasteiger partial charge in [-0.05, 0) is 37.7 Å². The molecule has 2 unspecified atom stereocenters. The highest BCUT2D eigenvalue weighted by Crippen LogP contribution is 2.38. The van der Waals surface area contributed by atoms with Crippen LogP contribution in [-0.4, -0.2) is 82.4 Å².